The molecule has 15 heavy (non-hydrogen) atoms. The molecule has 1 aliphatic heterocycles. The lowest BCUT2D eigenvalue weighted by Crippen LogP contribution is -2.39. The molecule has 0 amide bonds. The zero-order valence-electron chi connectivity index (χ0n) is 9.82. The minimum atomic E-state index is 0.663. The molecule has 2 rings (SSSR count). The van der Waals surface area contributed by atoms with E-state index in [0.717, 1.165) is 6.04 Å². The Morgan fingerprint density at radius 2 is 1.93 bits per heavy atom. The van der Waals surface area contributed by atoms with Gasteiger partial charge >= 0.3 is 0 Å². The first-order chi connectivity index (χ1) is 7.29. The van der Waals surface area contributed by atoms with Crippen molar-refractivity contribution in [1.82, 2.24) is 4.90 Å². The molecule has 1 aliphatic rings. The van der Waals surface area contributed by atoms with Gasteiger partial charge in [0, 0.05) is 6.04 Å². The van der Waals surface area contributed by atoms with E-state index < -0.39 is 0 Å². The van der Waals surface area contributed by atoms with Crippen LogP contribution in [0.1, 0.15) is 37.7 Å². The van der Waals surface area contributed by atoms with Gasteiger partial charge < -0.3 is 4.90 Å². The molecule has 0 spiro atoms. The molecule has 0 aromatic heterocycles. The van der Waals surface area contributed by atoms with Crippen molar-refractivity contribution in [3.63, 3.8) is 0 Å². The second-order valence-corrected chi connectivity index (χ2v) is 4.74. The second-order valence-electron chi connectivity index (χ2n) is 4.74. The fourth-order valence-electron chi connectivity index (χ4n) is 2.71. The van der Waals surface area contributed by atoms with E-state index in [1.54, 1.807) is 0 Å². The molecule has 82 valence electrons. The lowest BCUT2D eigenvalue weighted by molar-refractivity contribution is 0.164. The van der Waals surface area contributed by atoms with Gasteiger partial charge in [-0.15, -0.1) is 0 Å². The van der Waals surface area contributed by atoms with Crippen LogP contribution in [-0.4, -0.2) is 24.5 Å². The summed E-state index contributed by atoms with van der Waals surface area (Å²) in [4.78, 5) is 2.53. The van der Waals surface area contributed by atoms with Gasteiger partial charge in [-0.25, -0.2) is 0 Å². The first-order valence-electron chi connectivity index (χ1n) is 6.04. The van der Waals surface area contributed by atoms with Gasteiger partial charge in [-0.05, 0) is 37.9 Å². The molecule has 0 N–H and O–H groups in total. The highest BCUT2D eigenvalue weighted by atomic mass is 15.1. The summed E-state index contributed by atoms with van der Waals surface area (Å²) >= 11 is 0. The Hall–Kier alpha value is -0.820. The van der Waals surface area contributed by atoms with Crippen LogP contribution in [0.15, 0.2) is 30.3 Å². The quantitative estimate of drug-likeness (QED) is 0.713. The van der Waals surface area contributed by atoms with Crippen molar-refractivity contribution in [2.24, 2.45) is 0 Å². The molecule has 1 fully saturated rings. The Labute approximate surface area is 93.1 Å². The van der Waals surface area contributed by atoms with Crippen molar-refractivity contribution in [1.29, 1.82) is 0 Å². The summed E-state index contributed by atoms with van der Waals surface area (Å²) in [7, 11) is 2.27. The third-order valence-electron chi connectivity index (χ3n) is 3.73. The highest BCUT2D eigenvalue weighted by Gasteiger charge is 2.25. The molecule has 1 nitrogen and oxygen atoms in total. The van der Waals surface area contributed by atoms with Crippen LogP contribution >= 0.6 is 0 Å². The van der Waals surface area contributed by atoms with Crippen molar-refractivity contribution in [2.45, 2.75) is 38.1 Å². The molecule has 2 atom stereocenters. The first kappa shape index (κ1) is 10.7. The monoisotopic (exact) mass is 203 g/mol. The summed E-state index contributed by atoms with van der Waals surface area (Å²) in [5.41, 5.74) is 1.48. The summed E-state index contributed by atoms with van der Waals surface area (Å²) in [6.07, 6.45) is 4.12. The van der Waals surface area contributed by atoms with E-state index in [2.05, 4.69) is 49.2 Å². The molecule has 1 aromatic carbocycles. The largest absolute Gasteiger partial charge is 0.303 e. The third-order valence-corrected chi connectivity index (χ3v) is 3.73. The predicted molar refractivity (Wildman–Crippen MR) is 65.1 cm³/mol. The smallest absolute Gasteiger partial charge is 0.0158 e. The van der Waals surface area contributed by atoms with Crippen LogP contribution in [-0.2, 0) is 0 Å². The highest BCUT2D eigenvalue weighted by molar-refractivity contribution is 5.20. The Morgan fingerprint density at radius 3 is 2.60 bits per heavy atom. The molecule has 1 heterocycles. The average molecular weight is 203 g/mol. The lowest BCUT2D eigenvalue weighted by atomic mass is 9.87. The van der Waals surface area contributed by atoms with Crippen molar-refractivity contribution >= 4 is 0 Å². The maximum atomic E-state index is 2.53. The Balaban J connectivity index is 2.09. The number of hydrogen-bond acceptors (Lipinski definition) is 1. The molecule has 0 saturated carbocycles. The molecule has 0 unspecified atom stereocenters. The summed E-state index contributed by atoms with van der Waals surface area (Å²) < 4.78 is 0. The van der Waals surface area contributed by atoms with E-state index in [0.29, 0.717) is 5.92 Å². The maximum Gasteiger partial charge on any atom is 0.0158 e. The normalized spacial score (nSPS) is 25.1. The highest BCUT2D eigenvalue weighted by Crippen LogP contribution is 2.28. The van der Waals surface area contributed by atoms with E-state index in [1.165, 1.54) is 31.4 Å². The summed E-state index contributed by atoms with van der Waals surface area (Å²) in [6.45, 7) is 3.63. The number of benzene rings is 1. The van der Waals surface area contributed by atoms with Crippen LogP contribution in [0.2, 0.25) is 0 Å². The van der Waals surface area contributed by atoms with Crippen LogP contribution < -0.4 is 0 Å². The van der Waals surface area contributed by atoms with Gasteiger partial charge in [0.2, 0.25) is 0 Å². The van der Waals surface area contributed by atoms with Crippen molar-refractivity contribution in [2.75, 3.05) is 13.6 Å². The first-order valence-corrected chi connectivity index (χ1v) is 6.04. The van der Waals surface area contributed by atoms with E-state index in [9.17, 15) is 0 Å². The predicted octanol–water partition coefficient (Wildman–Crippen LogP) is 3.27. The number of likely N-dealkylation sites (N-methyl/N-ethyl adjacent to an activating group) is 1. The molecule has 0 bridgehead atoms. The Morgan fingerprint density at radius 1 is 1.20 bits per heavy atom. The molecule has 0 radical (unpaired) electrons. The van der Waals surface area contributed by atoms with Crippen LogP contribution in [0.4, 0.5) is 0 Å². The van der Waals surface area contributed by atoms with Crippen LogP contribution in [0.3, 0.4) is 0 Å². The van der Waals surface area contributed by atoms with Crippen molar-refractivity contribution in [3.05, 3.63) is 35.9 Å². The summed E-state index contributed by atoms with van der Waals surface area (Å²) in [5, 5.41) is 0. The zero-order chi connectivity index (χ0) is 10.7. The minimum absolute atomic E-state index is 0.663. The fourth-order valence-corrected chi connectivity index (χ4v) is 2.71. The van der Waals surface area contributed by atoms with Gasteiger partial charge in [-0.3, -0.25) is 0 Å². The van der Waals surface area contributed by atoms with E-state index in [1.807, 2.05) is 0 Å². The van der Waals surface area contributed by atoms with Gasteiger partial charge in [0.25, 0.3) is 0 Å². The summed E-state index contributed by atoms with van der Waals surface area (Å²) in [6, 6.07) is 11.6. The van der Waals surface area contributed by atoms with Gasteiger partial charge in [0.05, 0.1) is 0 Å². The van der Waals surface area contributed by atoms with E-state index in [-0.39, 0.29) is 0 Å². The average Bonchev–Trinajstić information content (AvgIpc) is 2.30. The van der Waals surface area contributed by atoms with Gasteiger partial charge in [-0.2, -0.15) is 0 Å². The minimum Gasteiger partial charge on any atom is -0.303 e. The number of likely N-dealkylation sites (tertiary alicyclic amines) is 1. The number of hydrogen-bond donors (Lipinski definition) is 0. The fraction of sp³-hybridized carbons (Fsp3) is 0.571. The van der Waals surface area contributed by atoms with E-state index in [4.69, 9.17) is 0 Å². The molecule has 0 aliphatic carbocycles. The number of rotatable bonds is 2. The Bertz CT molecular complexity index is 293. The third kappa shape index (κ3) is 2.40. The summed E-state index contributed by atoms with van der Waals surface area (Å²) in [5.74, 6) is 0.663. The van der Waals surface area contributed by atoms with E-state index >= 15 is 0 Å². The number of piperidine rings is 1. The second kappa shape index (κ2) is 4.80. The Kier molecular flexibility index (Phi) is 3.42. The van der Waals surface area contributed by atoms with Crippen LogP contribution in [0.25, 0.3) is 0 Å². The SMILES string of the molecule is C[C@@H](c1ccccc1)[C@@H]1CCCCN1C. The van der Waals surface area contributed by atoms with Crippen molar-refractivity contribution < 1.29 is 0 Å². The standard InChI is InChI=1S/C14H21N/c1-12(13-8-4-3-5-9-13)14-10-6-7-11-15(14)2/h3-5,8-9,12,14H,6-7,10-11H2,1-2H3/t12-,14-/m0/s1. The number of nitrogens with zero attached hydrogens (tertiary/aromatic N) is 1. The van der Waals surface area contributed by atoms with Gasteiger partial charge in [-0.1, -0.05) is 43.7 Å². The molecule has 1 saturated heterocycles. The maximum absolute atomic E-state index is 2.53. The molecular formula is C14H21N. The van der Waals surface area contributed by atoms with Crippen LogP contribution in [0, 0.1) is 0 Å². The topological polar surface area (TPSA) is 3.24 Å². The zero-order valence-corrected chi connectivity index (χ0v) is 9.82. The van der Waals surface area contributed by atoms with Crippen molar-refractivity contribution in [3.8, 4) is 0 Å². The van der Waals surface area contributed by atoms with Gasteiger partial charge in [0.1, 0.15) is 0 Å². The molecule has 1 heteroatoms. The van der Waals surface area contributed by atoms with Gasteiger partial charge in [0.15, 0.2) is 0 Å². The molecular weight excluding hydrogens is 182 g/mol. The lowest BCUT2D eigenvalue weighted by Gasteiger charge is -2.36. The molecule has 1 aromatic rings. The van der Waals surface area contributed by atoms with Crippen LogP contribution in [0.5, 0.6) is 0 Å².